The number of alkyl halides is 2. The molecule has 0 radical (unpaired) electrons. The Bertz CT molecular complexity index is 996. The standard InChI is InChI=1S/C19H19F2N3O2/c1-10-5-6-13(7-11(10)2)15-8-14(18(20)21)17-12(3)23-24(19(17)22-15)9-16(25)26-4/h5-8,18H,9H2,1-4H3. The highest BCUT2D eigenvalue weighted by Crippen LogP contribution is 2.33. The van der Waals surface area contributed by atoms with Crippen LogP contribution in [0.2, 0.25) is 0 Å². The van der Waals surface area contributed by atoms with Gasteiger partial charge in [-0.1, -0.05) is 12.1 Å². The molecule has 0 N–H and O–H groups in total. The van der Waals surface area contributed by atoms with Crippen LogP contribution in [0, 0.1) is 20.8 Å². The zero-order valence-electron chi connectivity index (χ0n) is 15.0. The van der Waals surface area contributed by atoms with Gasteiger partial charge in [0.2, 0.25) is 0 Å². The Balaban J connectivity index is 2.26. The molecular formula is C19H19F2N3O2. The minimum Gasteiger partial charge on any atom is -0.468 e. The number of pyridine rings is 1. The summed E-state index contributed by atoms with van der Waals surface area (Å²) in [5.41, 5.74) is 3.81. The zero-order chi connectivity index (χ0) is 19.0. The van der Waals surface area contributed by atoms with Crippen molar-refractivity contribution < 1.29 is 18.3 Å². The van der Waals surface area contributed by atoms with E-state index in [0.29, 0.717) is 11.4 Å². The van der Waals surface area contributed by atoms with Crippen LogP contribution in [0.5, 0.6) is 0 Å². The molecule has 0 atom stereocenters. The number of aryl methyl sites for hydroxylation is 3. The number of carbonyl (C=O) groups is 1. The van der Waals surface area contributed by atoms with E-state index in [1.807, 2.05) is 32.0 Å². The zero-order valence-corrected chi connectivity index (χ0v) is 15.0. The summed E-state index contributed by atoms with van der Waals surface area (Å²) in [7, 11) is 1.26. The molecule has 0 aliphatic rings. The van der Waals surface area contributed by atoms with Crippen molar-refractivity contribution in [1.82, 2.24) is 14.8 Å². The normalized spacial score (nSPS) is 11.3. The maximum Gasteiger partial charge on any atom is 0.327 e. The van der Waals surface area contributed by atoms with E-state index in [4.69, 9.17) is 0 Å². The third-order valence-electron chi connectivity index (χ3n) is 4.45. The highest BCUT2D eigenvalue weighted by molar-refractivity contribution is 5.86. The van der Waals surface area contributed by atoms with Gasteiger partial charge in [-0.2, -0.15) is 5.10 Å². The van der Waals surface area contributed by atoms with Crippen LogP contribution in [0.15, 0.2) is 24.3 Å². The van der Waals surface area contributed by atoms with E-state index in [2.05, 4.69) is 14.8 Å². The predicted molar refractivity (Wildman–Crippen MR) is 94.1 cm³/mol. The second kappa shape index (κ2) is 6.82. The van der Waals surface area contributed by atoms with E-state index < -0.39 is 12.4 Å². The van der Waals surface area contributed by atoms with Crippen molar-refractivity contribution in [3.05, 3.63) is 46.6 Å². The van der Waals surface area contributed by atoms with Crippen molar-refractivity contribution in [3.8, 4) is 11.3 Å². The van der Waals surface area contributed by atoms with Gasteiger partial charge in [0.25, 0.3) is 6.43 Å². The molecule has 7 heteroatoms. The van der Waals surface area contributed by atoms with Crippen LogP contribution in [-0.4, -0.2) is 27.8 Å². The number of hydrogen-bond donors (Lipinski definition) is 0. The average Bonchev–Trinajstić information content (AvgIpc) is 2.92. The summed E-state index contributed by atoms with van der Waals surface area (Å²) in [4.78, 5) is 16.2. The number of carbonyl (C=O) groups excluding carboxylic acids is 1. The van der Waals surface area contributed by atoms with Gasteiger partial charge in [-0.3, -0.25) is 4.79 Å². The highest BCUT2D eigenvalue weighted by atomic mass is 19.3. The van der Waals surface area contributed by atoms with Crippen LogP contribution in [0.4, 0.5) is 8.78 Å². The predicted octanol–water partition coefficient (Wildman–Crippen LogP) is 4.13. The fourth-order valence-electron chi connectivity index (χ4n) is 2.90. The van der Waals surface area contributed by atoms with Crippen LogP contribution in [0.1, 0.15) is 28.8 Å². The van der Waals surface area contributed by atoms with Crippen molar-refractivity contribution in [3.63, 3.8) is 0 Å². The van der Waals surface area contributed by atoms with Gasteiger partial charge in [-0.25, -0.2) is 18.4 Å². The number of benzene rings is 1. The number of hydrogen-bond acceptors (Lipinski definition) is 4. The third kappa shape index (κ3) is 3.16. The van der Waals surface area contributed by atoms with Crippen molar-refractivity contribution in [2.24, 2.45) is 0 Å². The Labute approximate surface area is 149 Å². The van der Waals surface area contributed by atoms with Crippen LogP contribution in [0.25, 0.3) is 22.3 Å². The summed E-state index contributed by atoms with van der Waals surface area (Å²) in [6, 6.07) is 7.08. The first-order valence-electron chi connectivity index (χ1n) is 8.12. The molecule has 0 saturated carbocycles. The first-order valence-corrected chi connectivity index (χ1v) is 8.12. The number of methoxy groups -OCH3 is 1. The monoisotopic (exact) mass is 359 g/mol. The van der Waals surface area contributed by atoms with Crippen LogP contribution >= 0.6 is 0 Å². The molecule has 2 aromatic heterocycles. The minimum atomic E-state index is -2.68. The SMILES string of the molecule is COC(=O)Cn1nc(C)c2c(C(F)F)cc(-c3ccc(C)c(C)c3)nc21. The molecule has 2 heterocycles. The molecule has 3 rings (SSSR count). The molecule has 5 nitrogen and oxygen atoms in total. The Morgan fingerprint density at radius 2 is 1.92 bits per heavy atom. The lowest BCUT2D eigenvalue weighted by Crippen LogP contribution is -2.13. The number of fused-ring (bicyclic) bond motifs is 1. The van der Waals surface area contributed by atoms with E-state index in [9.17, 15) is 13.6 Å². The van der Waals surface area contributed by atoms with Crippen molar-refractivity contribution >= 4 is 17.0 Å². The van der Waals surface area contributed by atoms with E-state index in [0.717, 1.165) is 16.7 Å². The summed E-state index contributed by atoms with van der Waals surface area (Å²) < 4.78 is 33.4. The lowest BCUT2D eigenvalue weighted by molar-refractivity contribution is -0.141. The number of ether oxygens (including phenoxy) is 1. The second-order valence-corrected chi connectivity index (χ2v) is 6.21. The van der Waals surface area contributed by atoms with Gasteiger partial charge >= 0.3 is 5.97 Å². The summed E-state index contributed by atoms with van der Waals surface area (Å²) in [5.74, 6) is -0.522. The lowest BCUT2D eigenvalue weighted by Gasteiger charge is -2.10. The molecule has 0 aliphatic heterocycles. The van der Waals surface area contributed by atoms with Gasteiger partial charge in [0.05, 0.1) is 23.9 Å². The van der Waals surface area contributed by atoms with Gasteiger partial charge in [0.15, 0.2) is 5.65 Å². The molecule has 0 aliphatic carbocycles. The smallest absolute Gasteiger partial charge is 0.327 e. The minimum absolute atomic E-state index is 0.142. The van der Waals surface area contributed by atoms with Crippen LogP contribution in [0.3, 0.4) is 0 Å². The first-order chi connectivity index (χ1) is 12.3. The van der Waals surface area contributed by atoms with Gasteiger partial charge in [-0.15, -0.1) is 0 Å². The summed E-state index contributed by atoms with van der Waals surface area (Å²) in [6.07, 6.45) is -2.68. The van der Waals surface area contributed by atoms with Crippen molar-refractivity contribution in [2.45, 2.75) is 33.7 Å². The van der Waals surface area contributed by atoms with E-state index in [-0.39, 0.29) is 23.1 Å². The first kappa shape index (κ1) is 18.0. The fraction of sp³-hybridized carbons (Fsp3) is 0.316. The molecular weight excluding hydrogens is 340 g/mol. The van der Waals surface area contributed by atoms with E-state index in [1.165, 1.54) is 17.9 Å². The lowest BCUT2D eigenvalue weighted by atomic mass is 10.0. The molecule has 0 unspecified atom stereocenters. The van der Waals surface area contributed by atoms with Crippen LogP contribution < -0.4 is 0 Å². The Hall–Kier alpha value is -2.83. The maximum absolute atomic E-state index is 13.7. The Kier molecular flexibility index (Phi) is 4.71. The molecule has 0 saturated heterocycles. The molecule has 136 valence electrons. The number of nitrogens with zero attached hydrogens (tertiary/aromatic N) is 3. The highest BCUT2D eigenvalue weighted by Gasteiger charge is 2.22. The Morgan fingerprint density at radius 3 is 2.54 bits per heavy atom. The number of aromatic nitrogens is 3. The summed E-state index contributed by atoms with van der Waals surface area (Å²) in [6.45, 7) is 5.37. The van der Waals surface area contributed by atoms with Gasteiger partial charge in [0, 0.05) is 11.1 Å². The number of esters is 1. The van der Waals surface area contributed by atoms with Crippen LogP contribution in [-0.2, 0) is 16.1 Å². The van der Waals surface area contributed by atoms with Gasteiger partial charge < -0.3 is 4.74 Å². The molecule has 0 fully saturated rings. The molecule has 1 aromatic carbocycles. The Morgan fingerprint density at radius 1 is 1.19 bits per heavy atom. The molecule has 0 spiro atoms. The largest absolute Gasteiger partial charge is 0.468 e. The number of rotatable bonds is 4. The average molecular weight is 359 g/mol. The van der Waals surface area contributed by atoms with Crippen molar-refractivity contribution in [2.75, 3.05) is 7.11 Å². The molecule has 26 heavy (non-hydrogen) atoms. The van der Waals surface area contributed by atoms with E-state index >= 15 is 0 Å². The van der Waals surface area contributed by atoms with Crippen molar-refractivity contribution in [1.29, 1.82) is 0 Å². The number of halogens is 2. The summed E-state index contributed by atoms with van der Waals surface area (Å²) >= 11 is 0. The molecule has 0 bridgehead atoms. The summed E-state index contributed by atoms with van der Waals surface area (Å²) in [5, 5.41) is 4.48. The molecule has 3 aromatic rings. The maximum atomic E-state index is 13.7. The van der Waals surface area contributed by atoms with Gasteiger partial charge in [0.1, 0.15) is 6.54 Å². The van der Waals surface area contributed by atoms with Gasteiger partial charge in [-0.05, 0) is 44.0 Å². The quantitative estimate of drug-likeness (QED) is 0.657. The molecule has 0 amide bonds. The fourth-order valence-corrected chi connectivity index (χ4v) is 2.90. The second-order valence-electron chi connectivity index (χ2n) is 6.21. The third-order valence-corrected chi connectivity index (χ3v) is 4.45. The van der Waals surface area contributed by atoms with E-state index in [1.54, 1.807) is 6.92 Å². The topological polar surface area (TPSA) is 57.0 Å².